The van der Waals surface area contributed by atoms with Gasteiger partial charge in [-0.05, 0) is 37.4 Å². The van der Waals surface area contributed by atoms with Gasteiger partial charge in [0.15, 0.2) is 0 Å². The minimum Gasteiger partial charge on any atom is -0.343 e. The fourth-order valence-corrected chi connectivity index (χ4v) is 19.0. The highest BCUT2D eigenvalue weighted by atomic mass is 28.4. The highest BCUT2D eigenvalue weighted by Gasteiger charge is 2.51. The molecule has 0 spiro atoms. The molecule has 4 heteroatoms. The fraction of sp³-hybridized carbons (Fsp3) is 0.917. The van der Waals surface area contributed by atoms with Gasteiger partial charge in [0.1, 0.15) is 16.5 Å². The van der Waals surface area contributed by atoms with Crippen LogP contribution in [0.15, 0.2) is 0 Å². The Morgan fingerprint density at radius 2 is 1.62 bits per heavy atom. The predicted molar refractivity (Wildman–Crippen MR) is 73.2 cm³/mol. The van der Waals surface area contributed by atoms with Gasteiger partial charge in [-0.3, -0.25) is 0 Å². The van der Waals surface area contributed by atoms with Gasteiger partial charge in [-0.25, -0.2) is 0 Å². The largest absolute Gasteiger partial charge is 0.343 e. The van der Waals surface area contributed by atoms with Crippen molar-refractivity contribution in [3.05, 3.63) is 0 Å². The predicted octanol–water partition coefficient (Wildman–Crippen LogP) is 3.40. The molecule has 1 saturated heterocycles. The van der Waals surface area contributed by atoms with Crippen LogP contribution in [-0.2, 0) is 0 Å². The second kappa shape index (κ2) is 3.97. The normalized spacial score (nSPS) is 37.4. The van der Waals surface area contributed by atoms with E-state index in [1.54, 1.807) is 0 Å². The first kappa shape index (κ1) is 12.3. The summed E-state index contributed by atoms with van der Waals surface area (Å²) in [5.41, 5.74) is 0. The van der Waals surface area contributed by atoms with Crippen LogP contribution >= 0.6 is 0 Å². The van der Waals surface area contributed by atoms with Crippen molar-refractivity contribution in [2.75, 3.05) is 0 Å². The number of nitriles is 1. The molecule has 2 nitrogen and oxygen atoms in total. The second-order valence-electron chi connectivity index (χ2n) is 6.79. The van der Waals surface area contributed by atoms with E-state index in [0.29, 0.717) is 5.92 Å². The third kappa shape index (κ3) is 2.01. The van der Waals surface area contributed by atoms with Crippen molar-refractivity contribution in [2.45, 2.75) is 63.6 Å². The second-order valence-corrected chi connectivity index (χ2v) is 16.4. The van der Waals surface area contributed by atoms with E-state index in [0.717, 1.165) is 18.9 Å². The first-order valence-corrected chi connectivity index (χ1v) is 12.9. The maximum atomic E-state index is 9.04. The molecule has 1 aliphatic heterocycles. The summed E-state index contributed by atoms with van der Waals surface area (Å²) < 4.78 is 2.98. The van der Waals surface area contributed by atoms with Crippen LogP contribution < -0.4 is 0 Å². The fourth-order valence-electron chi connectivity index (χ4n) is 3.97. The zero-order valence-electron chi connectivity index (χ0n) is 11.1. The molecule has 2 aliphatic rings. The Kier molecular flexibility index (Phi) is 3.06. The van der Waals surface area contributed by atoms with Gasteiger partial charge < -0.3 is 4.23 Å². The summed E-state index contributed by atoms with van der Waals surface area (Å²) in [5.74, 6) is 0.347. The molecule has 0 aromatic carbocycles. The van der Waals surface area contributed by atoms with Gasteiger partial charge in [-0.15, -0.1) is 0 Å². The third-order valence-corrected chi connectivity index (χ3v) is 15.0. The summed E-state index contributed by atoms with van der Waals surface area (Å²) in [5, 5.41) is 9.04. The highest BCUT2D eigenvalue weighted by Crippen LogP contribution is 2.43. The van der Waals surface area contributed by atoms with Gasteiger partial charge in [0.05, 0.1) is 6.07 Å². The Balaban J connectivity index is 2.16. The zero-order valence-corrected chi connectivity index (χ0v) is 13.1. The molecule has 0 radical (unpaired) electrons. The monoisotopic (exact) mass is 252 g/mol. The van der Waals surface area contributed by atoms with Crippen molar-refractivity contribution in [3.63, 3.8) is 0 Å². The SMILES string of the molecule is C[Si]1(C)CC[Si](C)(C)N1C1CCC(C#N)C1. The van der Waals surface area contributed by atoms with Crippen LogP contribution in [0.5, 0.6) is 0 Å². The average Bonchev–Trinajstić information content (AvgIpc) is 2.69. The van der Waals surface area contributed by atoms with E-state index in [2.05, 4.69) is 36.5 Å². The lowest BCUT2D eigenvalue weighted by atomic mass is 10.1. The van der Waals surface area contributed by atoms with Gasteiger partial charge in [0.25, 0.3) is 0 Å². The van der Waals surface area contributed by atoms with Crippen molar-refractivity contribution in [3.8, 4) is 6.07 Å². The van der Waals surface area contributed by atoms with E-state index >= 15 is 0 Å². The summed E-state index contributed by atoms with van der Waals surface area (Å²) in [7, 11) is -2.25. The van der Waals surface area contributed by atoms with Gasteiger partial charge in [0, 0.05) is 5.92 Å². The van der Waals surface area contributed by atoms with Crippen LogP contribution in [0.25, 0.3) is 0 Å². The van der Waals surface area contributed by atoms with Crippen LogP contribution in [0.1, 0.15) is 19.3 Å². The van der Waals surface area contributed by atoms with Crippen LogP contribution in [-0.4, -0.2) is 26.7 Å². The molecule has 2 unspecified atom stereocenters. The summed E-state index contributed by atoms with van der Waals surface area (Å²) in [6, 6.07) is 6.21. The summed E-state index contributed by atoms with van der Waals surface area (Å²) in [6.45, 7) is 10.1. The number of rotatable bonds is 1. The molecule has 0 N–H and O–H groups in total. The van der Waals surface area contributed by atoms with Gasteiger partial charge in [-0.1, -0.05) is 26.2 Å². The summed E-state index contributed by atoms with van der Waals surface area (Å²) in [4.78, 5) is 0. The molecule has 16 heavy (non-hydrogen) atoms. The first-order valence-electron chi connectivity index (χ1n) is 6.56. The quantitative estimate of drug-likeness (QED) is 0.669. The van der Waals surface area contributed by atoms with Crippen molar-refractivity contribution < 1.29 is 0 Å². The molecule has 1 heterocycles. The van der Waals surface area contributed by atoms with E-state index in [4.69, 9.17) is 5.26 Å². The molecular weight excluding hydrogens is 228 g/mol. The molecule has 0 bridgehead atoms. The lowest BCUT2D eigenvalue weighted by Gasteiger charge is -2.43. The molecule has 2 fully saturated rings. The van der Waals surface area contributed by atoms with Gasteiger partial charge in [0.2, 0.25) is 0 Å². The lowest BCUT2D eigenvalue weighted by Crippen LogP contribution is -2.59. The lowest BCUT2D eigenvalue weighted by molar-refractivity contribution is 0.448. The third-order valence-electron chi connectivity index (χ3n) is 4.61. The van der Waals surface area contributed by atoms with Crippen LogP contribution in [0.2, 0.25) is 38.3 Å². The molecule has 0 aromatic heterocycles. The summed E-state index contributed by atoms with van der Waals surface area (Å²) in [6.07, 6.45) is 3.58. The van der Waals surface area contributed by atoms with Crippen molar-refractivity contribution in [2.24, 2.45) is 5.92 Å². The smallest absolute Gasteiger partial charge is 0.115 e. The molecule has 0 amide bonds. The Morgan fingerprint density at radius 1 is 1.06 bits per heavy atom. The maximum Gasteiger partial charge on any atom is 0.115 e. The number of hydrogen-bond acceptors (Lipinski definition) is 2. The van der Waals surface area contributed by atoms with Crippen molar-refractivity contribution in [1.82, 2.24) is 4.23 Å². The van der Waals surface area contributed by atoms with E-state index < -0.39 is 16.5 Å². The molecule has 2 rings (SSSR count). The van der Waals surface area contributed by atoms with Crippen LogP contribution in [0.3, 0.4) is 0 Å². The summed E-state index contributed by atoms with van der Waals surface area (Å²) >= 11 is 0. The zero-order chi connectivity index (χ0) is 12.0. The molecule has 90 valence electrons. The topological polar surface area (TPSA) is 27.0 Å². The Morgan fingerprint density at radius 3 is 2.06 bits per heavy atom. The Labute approximate surface area is 102 Å². The molecule has 0 aromatic rings. The van der Waals surface area contributed by atoms with E-state index in [9.17, 15) is 0 Å². The number of nitrogens with zero attached hydrogens (tertiary/aromatic N) is 2. The Bertz CT molecular complexity index is 303. The molecule has 2 atom stereocenters. The van der Waals surface area contributed by atoms with Crippen LogP contribution in [0.4, 0.5) is 0 Å². The van der Waals surface area contributed by atoms with E-state index in [1.807, 2.05) is 0 Å². The highest BCUT2D eigenvalue weighted by molar-refractivity contribution is 6.95. The first-order chi connectivity index (χ1) is 7.37. The van der Waals surface area contributed by atoms with E-state index in [1.165, 1.54) is 18.5 Å². The molecular formula is C12H24N2Si2. The van der Waals surface area contributed by atoms with E-state index in [-0.39, 0.29) is 0 Å². The minimum absolute atomic E-state index is 0.347. The average molecular weight is 253 g/mol. The van der Waals surface area contributed by atoms with Gasteiger partial charge >= 0.3 is 0 Å². The van der Waals surface area contributed by atoms with Crippen molar-refractivity contribution in [1.29, 1.82) is 5.26 Å². The number of hydrogen-bond donors (Lipinski definition) is 0. The van der Waals surface area contributed by atoms with Crippen LogP contribution in [0, 0.1) is 17.2 Å². The molecule has 1 aliphatic carbocycles. The van der Waals surface area contributed by atoms with Crippen molar-refractivity contribution >= 4 is 16.5 Å². The maximum absolute atomic E-state index is 9.04. The minimum atomic E-state index is -1.13. The Hall–Kier alpha value is -0.116. The standard InChI is InChI=1S/C12H24N2Si2/c1-15(2)7-8-16(3,4)14(15)12-6-5-11(9-12)10-13/h11-12H,5-9H2,1-4H3. The molecule has 1 saturated carbocycles. The van der Waals surface area contributed by atoms with Gasteiger partial charge in [-0.2, -0.15) is 5.26 Å².